The van der Waals surface area contributed by atoms with Gasteiger partial charge in [0.15, 0.2) is 0 Å². The maximum absolute atomic E-state index is 14.6. The molecule has 0 radical (unpaired) electrons. The molecule has 0 bridgehead atoms. The number of H-pyrrole nitrogens is 2. The Morgan fingerprint density at radius 2 is 1.85 bits per heavy atom. The molecule has 5 nitrogen and oxygen atoms in total. The molecule has 0 spiro atoms. The lowest BCUT2D eigenvalue weighted by Crippen LogP contribution is -2.19. The van der Waals surface area contributed by atoms with Gasteiger partial charge in [-0.1, -0.05) is 48.0 Å². The highest BCUT2D eigenvalue weighted by Gasteiger charge is 2.29. The third kappa shape index (κ3) is 4.11. The molecule has 3 aromatic rings. The number of carbonyl (C=O) groups excluding carboxylic acids is 1. The van der Waals surface area contributed by atoms with Crippen LogP contribution in [0.3, 0.4) is 0 Å². The van der Waals surface area contributed by atoms with E-state index >= 15 is 0 Å². The predicted octanol–water partition coefficient (Wildman–Crippen LogP) is 3.78. The second-order valence-corrected chi connectivity index (χ2v) is 6.51. The lowest BCUT2D eigenvalue weighted by Gasteiger charge is -2.18. The monoisotopic (exact) mass is 388 g/mol. The fourth-order valence-electron chi connectivity index (χ4n) is 3.15. The van der Waals surface area contributed by atoms with Crippen LogP contribution < -0.4 is 5.56 Å². The number of aromatic amines is 2. The highest BCUT2D eigenvalue weighted by Crippen LogP contribution is 2.35. The summed E-state index contributed by atoms with van der Waals surface area (Å²) in [6.45, 7) is 0. The van der Waals surface area contributed by atoms with Gasteiger partial charge < -0.3 is 9.84 Å². The van der Waals surface area contributed by atoms with E-state index in [1.165, 1.54) is 25.3 Å². The Hall–Kier alpha value is -2.86. The zero-order valence-electron chi connectivity index (χ0n) is 14.6. The lowest BCUT2D eigenvalue weighted by molar-refractivity contribution is -0.140. The minimum absolute atomic E-state index is 0.101. The Morgan fingerprint density at radius 1 is 1.11 bits per heavy atom. The molecule has 27 heavy (non-hydrogen) atoms. The van der Waals surface area contributed by atoms with Crippen LogP contribution in [0.1, 0.15) is 34.7 Å². The van der Waals surface area contributed by atoms with Crippen molar-refractivity contribution in [3.05, 3.63) is 92.1 Å². The number of benzene rings is 2. The maximum atomic E-state index is 14.6. The van der Waals surface area contributed by atoms with E-state index in [-0.39, 0.29) is 22.6 Å². The van der Waals surface area contributed by atoms with Crippen molar-refractivity contribution in [1.82, 2.24) is 10.2 Å². The molecule has 1 aromatic heterocycles. The molecule has 0 aliphatic rings. The minimum atomic E-state index is -0.875. The van der Waals surface area contributed by atoms with Gasteiger partial charge in [-0.15, -0.1) is 0 Å². The van der Waals surface area contributed by atoms with Crippen molar-refractivity contribution in [1.29, 1.82) is 0 Å². The van der Waals surface area contributed by atoms with Crippen LogP contribution in [-0.4, -0.2) is 23.3 Å². The van der Waals surface area contributed by atoms with E-state index in [0.29, 0.717) is 12.1 Å². The standard InChI is InChI=1S/C20H18ClFN2O3/c1-27-17(25)11-13(18-14(21)8-5-9-15(18)22)19-16(23-24-20(19)26)10-12-6-3-2-4-7-12/h2-9,13H,10-11H2,1H3,(H2,23,24,26)/t13-/m0/s1. The lowest BCUT2D eigenvalue weighted by atomic mass is 9.87. The van der Waals surface area contributed by atoms with Crippen molar-refractivity contribution >= 4 is 17.6 Å². The summed E-state index contributed by atoms with van der Waals surface area (Å²) in [4.78, 5) is 24.5. The first-order valence-electron chi connectivity index (χ1n) is 8.35. The minimum Gasteiger partial charge on any atom is -0.469 e. The molecule has 3 rings (SSSR count). The van der Waals surface area contributed by atoms with E-state index < -0.39 is 23.3 Å². The molecule has 0 amide bonds. The fourth-order valence-corrected chi connectivity index (χ4v) is 3.45. The van der Waals surface area contributed by atoms with Crippen LogP contribution in [0.4, 0.5) is 4.39 Å². The number of carbonyl (C=O) groups is 1. The number of aromatic nitrogens is 2. The van der Waals surface area contributed by atoms with Crippen LogP contribution in [-0.2, 0) is 16.0 Å². The summed E-state index contributed by atoms with van der Waals surface area (Å²) >= 11 is 6.22. The van der Waals surface area contributed by atoms with Crippen LogP contribution in [0.5, 0.6) is 0 Å². The van der Waals surface area contributed by atoms with Crippen molar-refractivity contribution in [3.8, 4) is 0 Å². The number of ether oxygens (including phenoxy) is 1. The van der Waals surface area contributed by atoms with Crippen LogP contribution in [0.2, 0.25) is 5.02 Å². The molecule has 7 heteroatoms. The Labute approximate surface area is 160 Å². The highest BCUT2D eigenvalue weighted by atomic mass is 35.5. The number of rotatable bonds is 6. The number of halogens is 2. The Balaban J connectivity index is 2.12. The van der Waals surface area contributed by atoms with E-state index in [1.807, 2.05) is 30.3 Å². The first-order valence-corrected chi connectivity index (χ1v) is 8.73. The van der Waals surface area contributed by atoms with Crippen LogP contribution >= 0.6 is 11.6 Å². The normalized spacial score (nSPS) is 12.0. The summed E-state index contributed by atoms with van der Waals surface area (Å²) in [6, 6.07) is 13.8. The van der Waals surface area contributed by atoms with Gasteiger partial charge in [0.2, 0.25) is 0 Å². The van der Waals surface area contributed by atoms with Crippen molar-refractivity contribution in [3.63, 3.8) is 0 Å². The molecule has 2 aromatic carbocycles. The van der Waals surface area contributed by atoms with Gasteiger partial charge in [0.25, 0.3) is 5.56 Å². The molecule has 0 aliphatic heterocycles. The summed E-state index contributed by atoms with van der Waals surface area (Å²) in [5, 5.41) is 5.54. The van der Waals surface area contributed by atoms with E-state index in [4.69, 9.17) is 16.3 Å². The second-order valence-electron chi connectivity index (χ2n) is 6.10. The smallest absolute Gasteiger partial charge is 0.306 e. The molecule has 2 N–H and O–H groups in total. The van der Waals surface area contributed by atoms with Gasteiger partial charge in [0.05, 0.1) is 13.5 Å². The number of methoxy groups -OCH3 is 1. The van der Waals surface area contributed by atoms with E-state index in [0.717, 1.165) is 5.56 Å². The van der Waals surface area contributed by atoms with Gasteiger partial charge >= 0.3 is 5.97 Å². The Kier molecular flexibility index (Phi) is 5.76. The fraction of sp³-hybridized carbons (Fsp3) is 0.200. The zero-order chi connectivity index (χ0) is 19.4. The average molecular weight is 389 g/mol. The number of hydrogen-bond acceptors (Lipinski definition) is 3. The summed E-state index contributed by atoms with van der Waals surface area (Å²) in [5.74, 6) is -2.02. The van der Waals surface area contributed by atoms with Crippen molar-refractivity contribution < 1.29 is 13.9 Å². The van der Waals surface area contributed by atoms with E-state index in [2.05, 4.69) is 10.2 Å². The van der Waals surface area contributed by atoms with Crippen molar-refractivity contribution in [2.75, 3.05) is 7.11 Å². The van der Waals surface area contributed by atoms with Gasteiger partial charge in [0, 0.05) is 34.2 Å². The summed E-state index contributed by atoms with van der Waals surface area (Å²) in [6.07, 6.45) is 0.207. The van der Waals surface area contributed by atoms with Crippen LogP contribution in [0.15, 0.2) is 53.3 Å². The first-order chi connectivity index (χ1) is 13.0. The quantitative estimate of drug-likeness (QED) is 0.631. The van der Waals surface area contributed by atoms with Crippen LogP contribution in [0, 0.1) is 5.82 Å². The van der Waals surface area contributed by atoms with Gasteiger partial charge in [-0.2, -0.15) is 0 Å². The van der Waals surface area contributed by atoms with Crippen molar-refractivity contribution in [2.45, 2.75) is 18.8 Å². The average Bonchev–Trinajstić information content (AvgIpc) is 3.01. The Bertz CT molecular complexity index is 978. The van der Waals surface area contributed by atoms with E-state index in [9.17, 15) is 14.0 Å². The third-order valence-electron chi connectivity index (χ3n) is 4.42. The molecule has 0 aliphatic carbocycles. The summed E-state index contributed by atoms with van der Waals surface area (Å²) < 4.78 is 19.3. The molecule has 0 fully saturated rings. The van der Waals surface area contributed by atoms with Gasteiger partial charge in [-0.25, -0.2) is 4.39 Å². The number of nitrogens with one attached hydrogen (secondary N) is 2. The largest absolute Gasteiger partial charge is 0.469 e. The topological polar surface area (TPSA) is 75.0 Å². The predicted molar refractivity (Wildman–Crippen MR) is 101 cm³/mol. The summed E-state index contributed by atoms with van der Waals surface area (Å²) in [5.41, 5.74) is 1.49. The molecule has 1 atom stereocenters. The molecule has 0 saturated heterocycles. The molecular formula is C20H18ClFN2O3. The number of hydrogen-bond donors (Lipinski definition) is 2. The first kappa shape index (κ1) is 18.9. The van der Waals surface area contributed by atoms with Crippen LogP contribution in [0.25, 0.3) is 0 Å². The highest BCUT2D eigenvalue weighted by molar-refractivity contribution is 6.31. The third-order valence-corrected chi connectivity index (χ3v) is 4.75. The maximum Gasteiger partial charge on any atom is 0.306 e. The number of esters is 1. The molecular weight excluding hydrogens is 371 g/mol. The van der Waals surface area contributed by atoms with Gasteiger partial charge in [-0.05, 0) is 17.7 Å². The molecule has 0 saturated carbocycles. The molecule has 0 unspecified atom stereocenters. The summed E-state index contributed by atoms with van der Waals surface area (Å²) in [7, 11) is 1.24. The van der Waals surface area contributed by atoms with Gasteiger partial charge in [-0.3, -0.25) is 14.7 Å². The van der Waals surface area contributed by atoms with E-state index in [1.54, 1.807) is 0 Å². The SMILES string of the molecule is COC(=O)C[C@@H](c1c(F)cccc1Cl)c1c(Cc2ccccc2)[nH][nH]c1=O. The molecule has 1 heterocycles. The second kappa shape index (κ2) is 8.22. The molecule has 140 valence electrons. The van der Waals surface area contributed by atoms with Crippen molar-refractivity contribution in [2.24, 2.45) is 0 Å². The van der Waals surface area contributed by atoms with Gasteiger partial charge in [0.1, 0.15) is 5.82 Å². The Morgan fingerprint density at radius 3 is 2.52 bits per heavy atom. The zero-order valence-corrected chi connectivity index (χ0v) is 15.3.